The first-order chi connectivity index (χ1) is 11.1. The number of aryl methyl sites for hydroxylation is 2. The largest absolute Gasteiger partial charge is 0.480 e. The van der Waals surface area contributed by atoms with Crippen LogP contribution in [0.15, 0.2) is 51.8 Å². The van der Waals surface area contributed by atoms with Gasteiger partial charge in [-0.3, -0.25) is 4.31 Å². The van der Waals surface area contributed by atoms with Crippen LogP contribution in [-0.2, 0) is 14.8 Å². The van der Waals surface area contributed by atoms with E-state index in [0.717, 1.165) is 19.9 Å². The van der Waals surface area contributed by atoms with Crippen LogP contribution in [0.5, 0.6) is 0 Å². The lowest BCUT2D eigenvalue weighted by molar-refractivity contribution is -0.137. The second-order valence-corrected chi connectivity index (χ2v) is 8.35. The molecule has 0 heterocycles. The lowest BCUT2D eigenvalue weighted by Crippen LogP contribution is -2.43. The second-order valence-electron chi connectivity index (χ2n) is 5.61. The van der Waals surface area contributed by atoms with Gasteiger partial charge in [-0.05, 0) is 68.3 Å². The number of hydrogen-bond donors (Lipinski definition) is 1. The third kappa shape index (κ3) is 3.79. The molecule has 1 atom stereocenters. The molecule has 2 rings (SSSR count). The number of benzene rings is 2. The zero-order valence-corrected chi connectivity index (χ0v) is 15.9. The summed E-state index contributed by atoms with van der Waals surface area (Å²) in [7, 11) is -4.02. The number of carbonyl (C=O) groups is 1. The van der Waals surface area contributed by atoms with Crippen molar-refractivity contribution in [3.05, 3.63) is 58.1 Å². The van der Waals surface area contributed by atoms with Gasteiger partial charge in [-0.2, -0.15) is 0 Å². The fourth-order valence-corrected chi connectivity index (χ4v) is 4.33. The smallest absolute Gasteiger partial charge is 0.327 e. The summed E-state index contributed by atoms with van der Waals surface area (Å²) in [6.45, 7) is 5.04. The molecule has 0 fully saturated rings. The minimum atomic E-state index is -4.02. The fourth-order valence-electron chi connectivity index (χ4n) is 2.47. The first-order valence-electron chi connectivity index (χ1n) is 7.24. The first kappa shape index (κ1) is 18.5. The molecule has 0 saturated heterocycles. The van der Waals surface area contributed by atoms with E-state index in [1.165, 1.54) is 19.1 Å². The first-order valence-corrected chi connectivity index (χ1v) is 9.47. The normalized spacial score (nSPS) is 12.7. The molecule has 1 N–H and O–H groups in total. The van der Waals surface area contributed by atoms with Crippen LogP contribution in [0.3, 0.4) is 0 Å². The van der Waals surface area contributed by atoms with E-state index in [1.54, 1.807) is 24.3 Å². The topological polar surface area (TPSA) is 74.7 Å². The Morgan fingerprint density at radius 3 is 2.04 bits per heavy atom. The molecule has 128 valence electrons. The van der Waals surface area contributed by atoms with E-state index >= 15 is 0 Å². The number of rotatable bonds is 5. The van der Waals surface area contributed by atoms with E-state index in [-0.39, 0.29) is 4.90 Å². The number of anilines is 1. The van der Waals surface area contributed by atoms with Crippen molar-refractivity contribution < 1.29 is 18.3 Å². The van der Waals surface area contributed by atoms with Crippen molar-refractivity contribution >= 4 is 37.6 Å². The van der Waals surface area contributed by atoms with Crippen LogP contribution in [0.4, 0.5) is 5.69 Å². The van der Waals surface area contributed by atoms with Crippen molar-refractivity contribution in [2.24, 2.45) is 0 Å². The number of nitrogens with zero attached hydrogens (tertiary/aromatic N) is 1. The lowest BCUT2D eigenvalue weighted by Gasteiger charge is -2.28. The molecule has 2 aromatic rings. The Hall–Kier alpha value is -1.86. The van der Waals surface area contributed by atoms with Crippen molar-refractivity contribution in [1.82, 2.24) is 0 Å². The molecular weight excluding hydrogens is 394 g/mol. The van der Waals surface area contributed by atoms with Crippen molar-refractivity contribution in [1.29, 1.82) is 0 Å². The Labute approximate surface area is 150 Å². The highest BCUT2D eigenvalue weighted by Crippen LogP contribution is 2.29. The van der Waals surface area contributed by atoms with Gasteiger partial charge in [0.05, 0.1) is 10.6 Å². The van der Waals surface area contributed by atoms with E-state index in [0.29, 0.717) is 5.69 Å². The molecule has 0 aliphatic heterocycles. The zero-order chi connectivity index (χ0) is 18.1. The maximum absolute atomic E-state index is 13.1. The molecule has 1 unspecified atom stereocenters. The van der Waals surface area contributed by atoms with Gasteiger partial charge in [0.15, 0.2) is 0 Å². The zero-order valence-electron chi connectivity index (χ0n) is 13.5. The molecule has 5 nitrogen and oxygen atoms in total. The maximum atomic E-state index is 13.1. The van der Waals surface area contributed by atoms with Gasteiger partial charge in [0.2, 0.25) is 0 Å². The van der Waals surface area contributed by atoms with E-state index < -0.39 is 22.0 Å². The summed E-state index contributed by atoms with van der Waals surface area (Å²) in [6, 6.07) is 10.1. The van der Waals surface area contributed by atoms with Crippen molar-refractivity contribution in [2.45, 2.75) is 31.7 Å². The summed E-state index contributed by atoms with van der Waals surface area (Å²) in [4.78, 5) is 11.5. The highest BCUT2D eigenvalue weighted by Gasteiger charge is 2.33. The van der Waals surface area contributed by atoms with Crippen LogP contribution in [0, 0.1) is 13.8 Å². The van der Waals surface area contributed by atoms with Crippen LogP contribution in [0.2, 0.25) is 0 Å². The van der Waals surface area contributed by atoms with Crippen molar-refractivity contribution in [3.63, 3.8) is 0 Å². The third-order valence-electron chi connectivity index (χ3n) is 3.54. The highest BCUT2D eigenvalue weighted by molar-refractivity contribution is 9.10. The molecule has 0 aromatic heterocycles. The van der Waals surface area contributed by atoms with Crippen LogP contribution >= 0.6 is 15.9 Å². The summed E-state index contributed by atoms with van der Waals surface area (Å²) in [5.41, 5.74) is 2.06. The Morgan fingerprint density at radius 2 is 1.58 bits per heavy atom. The number of carboxylic acids is 1. The molecule has 7 heteroatoms. The monoisotopic (exact) mass is 411 g/mol. The molecule has 0 aliphatic carbocycles. The number of sulfonamides is 1. The predicted molar refractivity (Wildman–Crippen MR) is 96.8 cm³/mol. The SMILES string of the molecule is Cc1cc(C)cc(N(C(C)C(=O)O)S(=O)(=O)c2ccc(Br)cc2)c1. The number of halogens is 1. The van der Waals surface area contributed by atoms with Crippen molar-refractivity contribution in [3.8, 4) is 0 Å². The van der Waals surface area contributed by atoms with E-state index in [9.17, 15) is 18.3 Å². The summed E-state index contributed by atoms with van der Waals surface area (Å²) in [5.74, 6) is -1.21. The van der Waals surface area contributed by atoms with Crippen molar-refractivity contribution in [2.75, 3.05) is 4.31 Å². The van der Waals surface area contributed by atoms with Gasteiger partial charge in [-0.1, -0.05) is 22.0 Å². The van der Waals surface area contributed by atoms with Crippen LogP contribution in [0.25, 0.3) is 0 Å². The quantitative estimate of drug-likeness (QED) is 0.812. The Kier molecular flexibility index (Phi) is 5.35. The minimum Gasteiger partial charge on any atom is -0.480 e. The van der Waals surface area contributed by atoms with Crippen LogP contribution in [-0.4, -0.2) is 25.5 Å². The summed E-state index contributed by atoms with van der Waals surface area (Å²) >= 11 is 3.26. The second kappa shape index (κ2) is 6.94. The van der Waals surface area contributed by atoms with E-state index in [1.807, 2.05) is 19.9 Å². The highest BCUT2D eigenvalue weighted by atomic mass is 79.9. The van der Waals surface area contributed by atoms with Gasteiger partial charge in [-0.15, -0.1) is 0 Å². The van der Waals surface area contributed by atoms with Gasteiger partial charge < -0.3 is 5.11 Å². The summed E-state index contributed by atoms with van der Waals surface area (Å²) in [6.07, 6.45) is 0. The average Bonchev–Trinajstić information content (AvgIpc) is 2.46. The molecule has 0 spiro atoms. The number of hydrogen-bond acceptors (Lipinski definition) is 3. The Morgan fingerprint density at radius 1 is 1.08 bits per heavy atom. The Bertz CT molecular complexity index is 842. The van der Waals surface area contributed by atoms with E-state index in [4.69, 9.17) is 0 Å². The lowest BCUT2D eigenvalue weighted by atomic mass is 10.1. The predicted octanol–water partition coefficient (Wildman–Crippen LogP) is 3.73. The molecule has 2 aromatic carbocycles. The fraction of sp³-hybridized carbons (Fsp3) is 0.235. The molecule has 0 saturated carbocycles. The third-order valence-corrected chi connectivity index (χ3v) is 5.98. The van der Waals surface area contributed by atoms with E-state index in [2.05, 4.69) is 15.9 Å². The molecule has 0 radical (unpaired) electrons. The molecular formula is C17H18BrNO4S. The Balaban J connectivity index is 2.66. The standard InChI is InChI=1S/C17H18BrNO4S/c1-11-8-12(2)10-15(9-11)19(13(3)17(20)21)24(22,23)16-6-4-14(18)5-7-16/h4-10,13H,1-3H3,(H,20,21). The van der Waals surface area contributed by atoms with Crippen LogP contribution < -0.4 is 4.31 Å². The van der Waals surface area contributed by atoms with Gasteiger partial charge >= 0.3 is 5.97 Å². The average molecular weight is 412 g/mol. The number of carboxylic acid groups (broad SMARTS) is 1. The van der Waals surface area contributed by atoms with Crippen LogP contribution in [0.1, 0.15) is 18.1 Å². The molecule has 0 bridgehead atoms. The minimum absolute atomic E-state index is 0.0398. The molecule has 0 amide bonds. The maximum Gasteiger partial charge on any atom is 0.327 e. The van der Waals surface area contributed by atoms with Gasteiger partial charge in [-0.25, -0.2) is 13.2 Å². The number of aliphatic carboxylic acids is 1. The van der Waals surface area contributed by atoms with Gasteiger partial charge in [0.1, 0.15) is 6.04 Å². The molecule has 24 heavy (non-hydrogen) atoms. The summed E-state index contributed by atoms with van der Waals surface area (Å²) < 4.78 is 27.8. The van der Waals surface area contributed by atoms with Gasteiger partial charge in [0, 0.05) is 4.47 Å². The molecule has 0 aliphatic rings. The van der Waals surface area contributed by atoms with Gasteiger partial charge in [0.25, 0.3) is 10.0 Å². The summed E-state index contributed by atoms with van der Waals surface area (Å²) in [5, 5.41) is 9.39.